The Balaban J connectivity index is 3.40. The van der Waals surface area contributed by atoms with Gasteiger partial charge in [0.25, 0.3) is 0 Å². The minimum Gasteiger partial charge on any atom is -0.393 e. The summed E-state index contributed by atoms with van der Waals surface area (Å²) >= 11 is 0. The smallest absolute Gasteiger partial charge is 0.220 e. The fraction of sp³-hybridized carbons (Fsp3) is 0.889. The summed E-state index contributed by atoms with van der Waals surface area (Å²) in [5.41, 5.74) is 0. The molecule has 0 spiro atoms. The van der Waals surface area contributed by atoms with E-state index in [9.17, 15) is 9.00 Å². The van der Waals surface area contributed by atoms with Crippen molar-refractivity contribution in [3.63, 3.8) is 0 Å². The van der Waals surface area contributed by atoms with Gasteiger partial charge in [0.1, 0.15) is 0 Å². The summed E-state index contributed by atoms with van der Waals surface area (Å²) in [7, 11) is -0.820. The molecule has 0 radical (unpaired) electrons. The first kappa shape index (κ1) is 13.6. The molecule has 0 aliphatic heterocycles. The van der Waals surface area contributed by atoms with E-state index in [2.05, 4.69) is 5.32 Å². The molecule has 0 aromatic heterocycles. The number of hydrogen-bond donors (Lipinski definition) is 2. The van der Waals surface area contributed by atoms with Crippen LogP contribution in [0.4, 0.5) is 0 Å². The van der Waals surface area contributed by atoms with E-state index >= 15 is 0 Å². The first-order valence-electron chi connectivity index (χ1n) is 4.86. The van der Waals surface area contributed by atoms with Crippen molar-refractivity contribution in [3.05, 3.63) is 0 Å². The Morgan fingerprint density at radius 1 is 1.57 bits per heavy atom. The molecule has 2 unspecified atom stereocenters. The molecule has 0 saturated carbocycles. The quantitative estimate of drug-likeness (QED) is 0.637. The van der Waals surface area contributed by atoms with Gasteiger partial charge in [-0.25, -0.2) is 0 Å². The van der Waals surface area contributed by atoms with Crippen molar-refractivity contribution in [3.8, 4) is 0 Å². The molecule has 2 N–H and O–H groups in total. The zero-order valence-electron chi connectivity index (χ0n) is 8.78. The highest BCUT2D eigenvalue weighted by Crippen LogP contribution is 1.94. The second-order valence-corrected chi connectivity index (χ2v) is 5.04. The van der Waals surface area contributed by atoms with E-state index in [1.807, 2.05) is 6.92 Å². The molecule has 14 heavy (non-hydrogen) atoms. The van der Waals surface area contributed by atoms with Gasteiger partial charge in [-0.05, 0) is 13.3 Å². The van der Waals surface area contributed by atoms with E-state index in [0.717, 1.165) is 0 Å². The highest BCUT2D eigenvalue weighted by atomic mass is 32.2. The first-order chi connectivity index (χ1) is 6.56. The minimum atomic E-state index is -0.820. The summed E-state index contributed by atoms with van der Waals surface area (Å²) in [5, 5.41) is 11.6. The molecule has 1 amide bonds. The molecule has 0 fully saturated rings. The SMILES string of the molecule is CCS(=O)CCNC(=O)CCC(C)O. The Bertz CT molecular complexity index is 194. The highest BCUT2D eigenvalue weighted by Gasteiger charge is 2.03. The van der Waals surface area contributed by atoms with Gasteiger partial charge in [0.15, 0.2) is 0 Å². The van der Waals surface area contributed by atoms with Crippen molar-refractivity contribution in [2.45, 2.75) is 32.8 Å². The van der Waals surface area contributed by atoms with Crippen LogP contribution in [0.1, 0.15) is 26.7 Å². The highest BCUT2D eigenvalue weighted by molar-refractivity contribution is 7.84. The van der Waals surface area contributed by atoms with Crippen molar-refractivity contribution < 1.29 is 14.1 Å². The number of rotatable bonds is 7. The minimum absolute atomic E-state index is 0.0843. The third-order valence-corrected chi connectivity index (χ3v) is 3.07. The number of amides is 1. The number of carbonyl (C=O) groups is 1. The number of carbonyl (C=O) groups excluding carboxylic acids is 1. The van der Waals surface area contributed by atoms with Crippen molar-refractivity contribution >= 4 is 16.7 Å². The van der Waals surface area contributed by atoms with Crippen LogP contribution >= 0.6 is 0 Å². The molecule has 0 aromatic rings. The number of hydrogen-bond acceptors (Lipinski definition) is 3. The summed E-state index contributed by atoms with van der Waals surface area (Å²) in [5.74, 6) is 1.06. The van der Waals surface area contributed by atoms with Gasteiger partial charge in [0.2, 0.25) is 5.91 Å². The Morgan fingerprint density at radius 3 is 2.71 bits per heavy atom. The van der Waals surface area contributed by atoms with Gasteiger partial charge in [0, 0.05) is 35.3 Å². The number of aliphatic hydroxyl groups excluding tert-OH is 1. The zero-order chi connectivity index (χ0) is 11.0. The van der Waals surface area contributed by atoms with E-state index in [1.165, 1.54) is 0 Å². The molecule has 84 valence electrons. The number of nitrogens with one attached hydrogen (secondary N) is 1. The van der Waals surface area contributed by atoms with E-state index < -0.39 is 16.9 Å². The Morgan fingerprint density at radius 2 is 2.21 bits per heavy atom. The lowest BCUT2D eigenvalue weighted by atomic mass is 10.2. The molecule has 0 heterocycles. The van der Waals surface area contributed by atoms with Gasteiger partial charge in [-0.15, -0.1) is 0 Å². The van der Waals surface area contributed by atoms with Crippen LogP contribution in [0, 0.1) is 0 Å². The van der Waals surface area contributed by atoms with Crippen LogP contribution < -0.4 is 5.32 Å². The molecule has 0 aromatic carbocycles. The lowest BCUT2D eigenvalue weighted by molar-refractivity contribution is -0.121. The van der Waals surface area contributed by atoms with Crippen LogP contribution in [-0.4, -0.2) is 39.4 Å². The van der Waals surface area contributed by atoms with E-state index in [1.54, 1.807) is 6.92 Å². The van der Waals surface area contributed by atoms with E-state index in [0.29, 0.717) is 30.9 Å². The number of aliphatic hydroxyl groups is 1. The van der Waals surface area contributed by atoms with Crippen molar-refractivity contribution in [1.29, 1.82) is 0 Å². The van der Waals surface area contributed by atoms with E-state index in [4.69, 9.17) is 5.11 Å². The molecule has 0 aliphatic rings. The monoisotopic (exact) mass is 221 g/mol. The van der Waals surface area contributed by atoms with Gasteiger partial charge in [0.05, 0.1) is 6.10 Å². The molecular weight excluding hydrogens is 202 g/mol. The van der Waals surface area contributed by atoms with Crippen LogP contribution in [-0.2, 0) is 15.6 Å². The maximum absolute atomic E-state index is 11.1. The zero-order valence-corrected chi connectivity index (χ0v) is 9.60. The predicted molar refractivity (Wildman–Crippen MR) is 57.5 cm³/mol. The fourth-order valence-electron chi connectivity index (χ4n) is 0.877. The van der Waals surface area contributed by atoms with Crippen LogP contribution in [0.25, 0.3) is 0 Å². The third kappa shape index (κ3) is 8.19. The first-order valence-corrected chi connectivity index (χ1v) is 6.34. The van der Waals surface area contributed by atoms with Crippen LogP contribution in [0.15, 0.2) is 0 Å². The van der Waals surface area contributed by atoms with Crippen molar-refractivity contribution in [2.24, 2.45) is 0 Å². The summed E-state index contributed by atoms with van der Waals surface area (Å²) in [6.45, 7) is 3.96. The maximum atomic E-state index is 11.1. The molecule has 5 heteroatoms. The second kappa shape index (κ2) is 7.94. The molecule has 4 nitrogen and oxygen atoms in total. The van der Waals surface area contributed by atoms with Gasteiger partial charge in [-0.3, -0.25) is 9.00 Å². The summed E-state index contributed by atoms with van der Waals surface area (Å²) in [4.78, 5) is 11.1. The third-order valence-electron chi connectivity index (χ3n) is 1.76. The molecule has 0 bridgehead atoms. The maximum Gasteiger partial charge on any atom is 0.220 e. The molecule has 0 rings (SSSR count). The lowest BCUT2D eigenvalue weighted by Gasteiger charge is -2.05. The van der Waals surface area contributed by atoms with Gasteiger partial charge < -0.3 is 10.4 Å². The average Bonchev–Trinajstić information content (AvgIpc) is 2.14. The van der Waals surface area contributed by atoms with Crippen molar-refractivity contribution in [2.75, 3.05) is 18.1 Å². The van der Waals surface area contributed by atoms with Gasteiger partial charge in [-0.1, -0.05) is 6.92 Å². The predicted octanol–water partition coefficient (Wildman–Crippen LogP) is 0.0322. The summed E-state index contributed by atoms with van der Waals surface area (Å²) in [6.07, 6.45) is 0.365. The summed E-state index contributed by atoms with van der Waals surface area (Å²) in [6, 6.07) is 0. The van der Waals surface area contributed by atoms with Crippen LogP contribution in [0.5, 0.6) is 0 Å². The van der Waals surface area contributed by atoms with Crippen LogP contribution in [0.3, 0.4) is 0 Å². The topological polar surface area (TPSA) is 66.4 Å². The fourth-order valence-corrected chi connectivity index (χ4v) is 1.50. The standard InChI is InChI=1S/C9H19NO3S/c1-3-14(13)7-6-10-9(12)5-4-8(2)11/h8,11H,3-7H2,1-2H3,(H,10,12). The molecule has 0 saturated heterocycles. The van der Waals surface area contributed by atoms with Crippen LogP contribution in [0.2, 0.25) is 0 Å². The molecular formula is C9H19NO3S. The Labute approximate surface area is 87.5 Å². The van der Waals surface area contributed by atoms with Crippen molar-refractivity contribution in [1.82, 2.24) is 5.32 Å². The lowest BCUT2D eigenvalue weighted by Crippen LogP contribution is -2.28. The molecule has 2 atom stereocenters. The van der Waals surface area contributed by atoms with E-state index in [-0.39, 0.29) is 5.91 Å². The Hall–Kier alpha value is -0.420. The Kier molecular flexibility index (Phi) is 7.70. The average molecular weight is 221 g/mol. The largest absolute Gasteiger partial charge is 0.393 e. The summed E-state index contributed by atoms with van der Waals surface area (Å²) < 4.78 is 11.0. The second-order valence-electron chi connectivity index (χ2n) is 3.17. The van der Waals surface area contributed by atoms with Gasteiger partial charge in [-0.2, -0.15) is 0 Å². The van der Waals surface area contributed by atoms with Gasteiger partial charge >= 0.3 is 0 Å². The molecule has 0 aliphatic carbocycles. The normalized spacial score (nSPS) is 14.8.